The summed E-state index contributed by atoms with van der Waals surface area (Å²) in [6.45, 7) is 6.85. The van der Waals surface area contributed by atoms with E-state index in [4.69, 9.17) is 4.74 Å². The molecule has 4 atom stereocenters. The van der Waals surface area contributed by atoms with E-state index in [0.29, 0.717) is 24.4 Å². The zero-order valence-electron chi connectivity index (χ0n) is 16.0. The Kier molecular flexibility index (Phi) is 6.82. The van der Waals surface area contributed by atoms with Crippen LogP contribution in [0.15, 0.2) is 18.2 Å². The second-order valence-electron chi connectivity index (χ2n) is 7.43. The summed E-state index contributed by atoms with van der Waals surface area (Å²) in [5.74, 6) is 1.10. The minimum absolute atomic E-state index is 0.0293. The van der Waals surface area contributed by atoms with Gasteiger partial charge in [0.1, 0.15) is 0 Å². The van der Waals surface area contributed by atoms with Crippen molar-refractivity contribution in [2.24, 2.45) is 11.8 Å². The summed E-state index contributed by atoms with van der Waals surface area (Å²) in [4.78, 5) is 14.3. The Balaban J connectivity index is 1.93. The molecule has 1 N–H and O–H groups in total. The zero-order valence-corrected chi connectivity index (χ0v) is 16.0. The van der Waals surface area contributed by atoms with Gasteiger partial charge in [-0.15, -0.1) is 0 Å². The average molecular weight is 350 g/mol. The van der Waals surface area contributed by atoms with Gasteiger partial charge in [-0.1, -0.05) is 32.8 Å². The number of hydrogen-bond donors (Lipinski definition) is 1. The summed E-state index contributed by atoms with van der Waals surface area (Å²) in [7, 11) is 3.20. The van der Waals surface area contributed by atoms with E-state index in [9.17, 15) is 9.18 Å². The number of halogens is 1. The lowest BCUT2D eigenvalue weighted by atomic mass is 9.78. The number of nitrogens with zero attached hydrogens (tertiary/aromatic N) is 1. The molecule has 0 radical (unpaired) electrons. The number of carbonyl (C=O) groups excluding carboxylic acids is 1. The summed E-state index contributed by atoms with van der Waals surface area (Å²) >= 11 is 0. The first-order valence-electron chi connectivity index (χ1n) is 9.17. The second-order valence-corrected chi connectivity index (χ2v) is 7.43. The fourth-order valence-corrected chi connectivity index (χ4v) is 3.70. The Morgan fingerprint density at radius 3 is 2.76 bits per heavy atom. The molecule has 4 nitrogen and oxygen atoms in total. The molecule has 0 aromatic heterocycles. The fraction of sp³-hybridized carbons (Fsp3) is 0.650. The number of hydrogen-bond acceptors (Lipinski definition) is 3. The quantitative estimate of drug-likeness (QED) is 0.852. The third-order valence-electron chi connectivity index (χ3n) is 5.55. The predicted molar refractivity (Wildman–Crippen MR) is 98.0 cm³/mol. The van der Waals surface area contributed by atoms with Crippen LogP contribution in [0.2, 0.25) is 0 Å². The third kappa shape index (κ3) is 4.94. The Morgan fingerprint density at radius 2 is 2.12 bits per heavy atom. The Bertz CT molecular complexity index is 593. The monoisotopic (exact) mass is 350 g/mol. The van der Waals surface area contributed by atoms with Crippen molar-refractivity contribution in [3.8, 4) is 5.75 Å². The summed E-state index contributed by atoms with van der Waals surface area (Å²) in [6, 6.07) is 4.94. The van der Waals surface area contributed by atoms with Crippen molar-refractivity contribution in [3.63, 3.8) is 0 Å². The Labute approximate surface area is 150 Å². The van der Waals surface area contributed by atoms with Crippen LogP contribution in [0.3, 0.4) is 0 Å². The van der Waals surface area contributed by atoms with Crippen molar-refractivity contribution < 1.29 is 13.9 Å². The molecule has 1 aliphatic carbocycles. The molecule has 2 rings (SSSR count). The van der Waals surface area contributed by atoms with E-state index in [-0.39, 0.29) is 17.7 Å². The Hall–Kier alpha value is -1.62. The van der Waals surface area contributed by atoms with Crippen molar-refractivity contribution in [1.82, 2.24) is 10.2 Å². The van der Waals surface area contributed by atoms with E-state index in [2.05, 4.69) is 19.2 Å². The number of methoxy groups -OCH3 is 1. The molecule has 1 aliphatic rings. The van der Waals surface area contributed by atoms with Crippen LogP contribution in [0, 0.1) is 17.7 Å². The van der Waals surface area contributed by atoms with Crippen LogP contribution in [0.1, 0.15) is 45.6 Å². The highest BCUT2D eigenvalue weighted by atomic mass is 19.1. The number of amides is 1. The minimum Gasteiger partial charge on any atom is -0.494 e. The number of rotatable bonds is 6. The number of carbonyl (C=O) groups is 1. The molecule has 25 heavy (non-hydrogen) atoms. The molecule has 0 spiro atoms. The average Bonchev–Trinajstić information content (AvgIpc) is 2.58. The van der Waals surface area contributed by atoms with Crippen LogP contribution in [0.4, 0.5) is 4.39 Å². The molecule has 4 unspecified atom stereocenters. The van der Waals surface area contributed by atoms with Crippen molar-refractivity contribution in [1.29, 1.82) is 0 Å². The van der Waals surface area contributed by atoms with Crippen LogP contribution in [-0.4, -0.2) is 37.0 Å². The van der Waals surface area contributed by atoms with Crippen LogP contribution in [0.5, 0.6) is 5.75 Å². The molecular weight excluding hydrogens is 319 g/mol. The van der Waals surface area contributed by atoms with Gasteiger partial charge in [-0.2, -0.15) is 0 Å². The maximum atomic E-state index is 13.8. The lowest BCUT2D eigenvalue weighted by Gasteiger charge is -2.36. The fourth-order valence-electron chi connectivity index (χ4n) is 3.70. The highest BCUT2D eigenvalue weighted by Crippen LogP contribution is 2.29. The molecule has 0 aliphatic heterocycles. The molecular formula is C20H31FN2O2. The van der Waals surface area contributed by atoms with Gasteiger partial charge in [-0.05, 0) is 42.9 Å². The largest absolute Gasteiger partial charge is 0.494 e. The topological polar surface area (TPSA) is 41.6 Å². The highest BCUT2D eigenvalue weighted by Gasteiger charge is 2.30. The maximum absolute atomic E-state index is 13.8. The number of ether oxygens (including phenoxy) is 1. The molecule has 0 bridgehead atoms. The number of benzene rings is 1. The van der Waals surface area contributed by atoms with Crippen molar-refractivity contribution >= 4 is 5.91 Å². The molecule has 1 amide bonds. The third-order valence-corrected chi connectivity index (χ3v) is 5.55. The standard InChI is InChI=1S/C20H31FN2O2/c1-13-7-6-8-18(14(13)2)22-15(3)20(24)23(4)12-16-9-10-19(25-5)17(21)11-16/h9-11,13-15,18,22H,6-8,12H2,1-5H3. The molecule has 0 saturated heterocycles. The van der Waals surface area contributed by atoms with Crippen LogP contribution < -0.4 is 10.1 Å². The van der Waals surface area contributed by atoms with Crippen LogP contribution in [-0.2, 0) is 11.3 Å². The van der Waals surface area contributed by atoms with E-state index in [1.54, 1.807) is 24.1 Å². The van der Waals surface area contributed by atoms with Gasteiger partial charge in [-0.3, -0.25) is 4.79 Å². The van der Waals surface area contributed by atoms with Gasteiger partial charge in [0.25, 0.3) is 0 Å². The van der Waals surface area contributed by atoms with Gasteiger partial charge in [0.2, 0.25) is 5.91 Å². The van der Waals surface area contributed by atoms with Gasteiger partial charge in [0, 0.05) is 19.6 Å². The molecule has 1 aromatic carbocycles. The van der Waals surface area contributed by atoms with E-state index < -0.39 is 5.82 Å². The predicted octanol–water partition coefficient (Wildman–Crippen LogP) is 3.60. The van der Waals surface area contributed by atoms with Gasteiger partial charge >= 0.3 is 0 Å². The lowest BCUT2D eigenvalue weighted by molar-refractivity contribution is -0.132. The Morgan fingerprint density at radius 1 is 1.40 bits per heavy atom. The lowest BCUT2D eigenvalue weighted by Crippen LogP contribution is -2.50. The van der Waals surface area contributed by atoms with Crippen molar-refractivity contribution in [3.05, 3.63) is 29.6 Å². The van der Waals surface area contributed by atoms with Crippen molar-refractivity contribution in [2.75, 3.05) is 14.2 Å². The van der Waals surface area contributed by atoms with E-state index in [0.717, 1.165) is 12.0 Å². The molecule has 1 fully saturated rings. The summed E-state index contributed by atoms with van der Waals surface area (Å²) in [5, 5.41) is 3.51. The summed E-state index contributed by atoms with van der Waals surface area (Å²) in [6.07, 6.45) is 3.60. The SMILES string of the molecule is COc1ccc(CN(C)C(=O)C(C)NC2CCCC(C)C2C)cc1F. The second kappa shape index (κ2) is 8.65. The molecule has 0 heterocycles. The zero-order chi connectivity index (χ0) is 18.6. The first-order valence-corrected chi connectivity index (χ1v) is 9.17. The highest BCUT2D eigenvalue weighted by molar-refractivity contribution is 5.81. The molecule has 1 aromatic rings. The molecule has 5 heteroatoms. The number of nitrogens with one attached hydrogen (secondary N) is 1. The van der Waals surface area contributed by atoms with Crippen molar-refractivity contribution in [2.45, 2.75) is 58.7 Å². The maximum Gasteiger partial charge on any atom is 0.239 e. The molecule has 1 saturated carbocycles. The van der Waals surface area contributed by atoms with Crippen LogP contribution >= 0.6 is 0 Å². The summed E-state index contributed by atoms with van der Waals surface area (Å²) in [5.41, 5.74) is 0.751. The summed E-state index contributed by atoms with van der Waals surface area (Å²) < 4.78 is 18.7. The van der Waals surface area contributed by atoms with Gasteiger partial charge in [0.05, 0.1) is 13.2 Å². The molecule has 140 valence electrons. The first kappa shape index (κ1) is 19.7. The smallest absolute Gasteiger partial charge is 0.239 e. The van der Waals surface area contributed by atoms with Gasteiger partial charge in [0.15, 0.2) is 11.6 Å². The van der Waals surface area contributed by atoms with E-state index >= 15 is 0 Å². The first-order chi connectivity index (χ1) is 11.8. The van der Waals surface area contributed by atoms with Gasteiger partial charge in [-0.25, -0.2) is 4.39 Å². The van der Waals surface area contributed by atoms with E-state index in [1.165, 1.54) is 26.0 Å². The normalized spacial score (nSPS) is 24.6. The minimum atomic E-state index is -0.406. The van der Waals surface area contributed by atoms with Gasteiger partial charge < -0.3 is 15.0 Å². The number of likely N-dealkylation sites (N-methyl/N-ethyl adjacent to an activating group) is 1. The van der Waals surface area contributed by atoms with E-state index in [1.807, 2.05) is 6.92 Å². The van der Waals surface area contributed by atoms with Crippen LogP contribution in [0.25, 0.3) is 0 Å².